The molecule has 8 nitrogen and oxygen atoms in total. The maximum atomic E-state index is 12.9. The van der Waals surface area contributed by atoms with E-state index < -0.39 is 5.91 Å². The second kappa shape index (κ2) is 8.24. The number of benzene rings is 2. The zero-order valence-electron chi connectivity index (χ0n) is 15.7. The molecular weight excluding hydrogens is 374 g/mol. The van der Waals surface area contributed by atoms with Crippen molar-refractivity contribution in [3.8, 4) is 11.5 Å². The summed E-state index contributed by atoms with van der Waals surface area (Å²) < 4.78 is 10.7. The van der Waals surface area contributed by atoms with Crippen LogP contribution >= 0.6 is 0 Å². The molecule has 0 atom stereocenters. The Morgan fingerprint density at radius 3 is 2.55 bits per heavy atom. The predicted octanol–water partition coefficient (Wildman–Crippen LogP) is 1.90. The summed E-state index contributed by atoms with van der Waals surface area (Å²) in [5.41, 5.74) is 4.01. The normalized spacial score (nSPS) is 15.6. The Bertz CT molecular complexity index is 951. The van der Waals surface area contributed by atoms with Gasteiger partial charge in [-0.25, -0.2) is 5.48 Å². The number of amides is 2. The van der Waals surface area contributed by atoms with E-state index in [2.05, 4.69) is 4.90 Å². The summed E-state index contributed by atoms with van der Waals surface area (Å²) >= 11 is 0. The van der Waals surface area contributed by atoms with Gasteiger partial charge in [0.2, 0.25) is 6.79 Å². The first-order valence-corrected chi connectivity index (χ1v) is 9.31. The Morgan fingerprint density at radius 1 is 1.00 bits per heavy atom. The first kappa shape index (κ1) is 18.8. The van der Waals surface area contributed by atoms with Gasteiger partial charge in [0.1, 0.15) is 0 Å². The van der Waals surface area contributed by atoms with E-state index in [0.29, 0.717) is 43.2 Å². The summed E-state index contributed by atoms with van der Waals surface area (Å²) in [6.07, 6.45) is 2.93. The van der Waals surface area contributed by atoms with Crippen molar-refractivity contribution < 1.29 is 24.3 Å². The number of para-hydroxylation sites is 1. The summed E-state index contributed by atoms with van der Waals surface area (Å²) in [5, 5.41) is 8.64. The monoisotopic (exact) mass is 395 g/mol. The van der Waals surface area contributed by atoms with Gasteiger partial charge in [-0.15, -0.1) is 0 Å². The Kier molecular flexibility index (Phi) is 5.35. The molecule has 2 aromatic rings. The quantitative estimate of drug-likeness (QED) is 0.467. The van der Waals surface area contributed by atoms with Crippen LogP contribution in [-0.4, -0.2) is 54.9 Å². The Labute approximate surface area is 167 Å². The van der Waals surface area contributed by atoms with Crippen LogP contribution in [-0.2, 0) is 4.79 Å². The van der Waals surface area contributed by atoms with Crippen LogP contribution in [0.1, 0.15) is 15.9 Å². The van der Waals surface area contributed by atoms with Crippen molar-refractivity contribution in [1.29, 1.82) is 0 Å². The molecule has 2 N–H and O–H groups in total. The van der Waals surface area contributed by atoms with Crippen LogP contribution in [0.2, 0.25) is 0 Å². The van der Waals surface area contributed by atoms with Crippen LogP contribution in [0.15, 0.2) is 48.5 Å². The third-order valence-corrected chi connectivity index (χ3v) is 4.99. The fraction of sp³-hybridized carbons (Fsp3) is 0.238. The fourth-order valence-electron chi connectivity index (χ4n) is 3.48. The number of hydrogen-bond donors (Lipinski definition) is 2. The van der Waals surface area contributed by atoms with Gasteiger partial charge in [-0.05, 0) is 35.9 Å². The molecule has 150 valence electrons. The van der Waals surface area contributed by atoms with Crippen LogP contribution in [0.3, 0.4) is 0 Å². The first-order chi connectivity index (χ1) is 14.2. The van der Waals surface area contributed by atoms with Crippen LogP contribution in [0.25, 0.3) is 6.08 Å². The van der Waals surface area contributed by atoms with E-state index in [0.717, 1.165) is 11.3 Å². The lowest BCUT2D eigenvalue weighted by Crippen LogP contribution is -2.49. The third-order valence-electron chi connectivity index (χ3n) is 4.99. The standard InChI is InChI=1S/C21H21N3O5/c25-20(22-27)8-6-15-3-1-2-4-17(15)23-9-11-24(12-10-23)21(26)16-5-7-18-19(13-16)29-14-28-18/h1-8,13,27H,9-12,14H2,(H,22,25). The lowest BCUT2D eigenvalue weighted by molar-refractivity contribution is -0.124. The Balaban J connectivity index is 1.43. The summed E-state index contributed by atoms with van der Waals surface area (Å²) in [6.45, 7) is 2.70. The van der Waals surface area contributed by atoms with Crippen LogP contribution in [0, 0.1) is 0 Å². The van der Waals surface area contributed by atoms with E-state index >= 15 is 0 Å². The van der Waals surface area contributed by atoms with Crippen molar-refractivity contribution in [3.63, 3.8) is 0 Å². The molecule has 2 aliphatic heterocycles. The van der Waals surface area contributed by atoms with Gasteiger partial charge in [-0.2, -0.15) is 0 Å². The second-order valence-electron chi connectivity index (χ2n) is 6.72. The van der Waals surface area contributed by atoms with Crippen LogP contribution in [0.5, 0.6) is 11.5 Å². The average molecular weight is 395 g/mol. The smallest absolute Gasteiger partial charge is 0.267 e. The largest absolute Gasteiger partial charge is 0.454 e. The minimum Gasteiger partial charge on any atom is -0.454 e. The number of carbonyl (C=O) groups is 2. The number of hydroxylamine groups is 1. The third kappa shape index (κ3) is 4.02. The molecule has 0 spiro atoms. The number of ether oxygens (including phenoxy) is 2. The predicted molar refractivity (Wildman–Crippen MR) is 106 cm³/mol. The van der Waals surface area contributed by atoms with Crippen molar-refractivity contribution in [2.24, 2.45) is 0 Å². The average Bonchev–Trinajstić information content (AvgIpc) is 3.25. The molecule has 0 saturated carbocycles. The maximum absolute atomic E-state index is 12.9. The minimum absolute atomic E-state index is 0.0317. The Morgan fingerprint density at radius 2 is 1.76 bits per heavy atom. The van der Waals surface area contributed by atoms with Gasteiger partial charge in [0.05, 0.1) is 0 Å². The van der Waals surface area contributed by atoms with Crippen molar-refractivity contribution in [2.45, 2.75) is 0 Å². The highest BCUT2D eigenvalue weighted by Crippen LogP contribution is 2.33. The van der Waals surface area contributed by atoms with Gasteiger partial charge < -0.3 is 19.3 Å². The molecular formula is C21H21N3O5. The van der Waals surface area contributed by atoms with Crippen molar-refractivity contribution in [3.05, 3.63) is 59.7 Å². The number of hydrogen-bond acceptors (Lipinski definition) is 6. The van der Waals surface area contributed by atoms with E-state index in [1.165, 1.54) is 6.08 Å². The molecule has 0 aliphatic carbocycles. The van der Waals surface area contributed by atoms with Gasteiger partial charge in [0, 0.05) is 43.5 Å². The molecule has 4 rings (SSSR count). The fourth-order valence-corrected chi connectivity index (χ4v) is 3.48. The highest BCUT2D eigenvalue weighted by molar-refractivity contribution is 5.95. The van der Waals surface area contributed by atoms with Crippen molar-refractivity contribution in [1.82, 2.24) is 10.4 Å². The molecule has 29 heavy (non-hydrogen) atoms. The molecule has 0 unspecified atom stereocenters. The zero-order valence-corrected chi connectivity index (χ0v) is 15.7. The van der Waals surface area contributed by atoms with Crippen molar-refractivity contribution in [2.75, 3.05) is 37.9 Å². The number of fused-ring (bicyclic) bond motifs is 1. The van der Waals surface area contributed by atoms with Gasteiger partial charge >= 0.3 is 0 Å². The van der Waals surface area contributed by atoms with E-state index in [1.54, 1.807) is 29.8 Å². The number of carbonyl (C=O) groups excluding carboxylic acids is 2. The van der Waals surface area contributed by atoms with Crippen LogP contribution in [0.4, 0.5) is 5.69 Å². The van der Waals surface area contributed by atoms with E-state index in [4.69, 9.17) is 14.7 Å². The number of piperazine rings is 1. The maximum Gasteiger partial charge on any atom is 0.267 e. The molecule has 8 heteroatoms. The number of anilines is 1. The molecule has 0 aromatic heterocycles. The highest BCUT2D eigenvalue weighted by Gasteiger charge is 2.24. The molecule has 0 radical (unpaired) electrons. The van der Waals surface area contributed by atoms with E-state index in [9.17, 15) is 9.59 Å². The number of rotatable bonds is 4. The molecule has 0 bridgehead atoms. The first-order valence-electron chi connectivity index (χ1n) is 9.31. The number of nitrogens with zero attached hydrogens (tertiary/aromatic N) is 2. The van der Waals surface area contributed by atoms with Gasteiger partial charge in [0.15, 0.2) is 11.5 Å². The zero-order chi connectivity index (χ0) is 20.2. The van der Waals surface area contributed by atoms with Gasteiger partial charge in [-0.3, -0.25) is 14.8 Å². The molecule has 2 amide bonds. The summed E-state index contributed by atoms with van der Waals surface area (Å²) in [6, 6.07) is 12.9. The summed E-state index contributed by atoms with van der Waals surface area (Å²) in [5.74, 6) is 0.641. The van der Waals surface area contributed by atoms with E-state index in [1.807, 2.05) is 29.2 Å². The van der Waals surface area contributed by atoms with Gasteiger partial charge in [-0.1, -0.05) is 18.2 Å². The summed E-state index contributed by atoms with van der Waals surface area (Å²) in [7, 11) is 0. The van der Waals surface area contributed by atoms with Gasteiger partial charge in [0.25, 0.3) is 11.8 Å². The second-order valence-corrected chi connectivity index (χ2v) is 6.72. The Hall–Kier alpha value is -3.52. The minimum atomic E-state index is -0.584. The molecule has 1 saturated heterocycles. The van der Waals surface area contributed by atoms with Crippen LogP contribution < -0.4 is 19.9 Å². The molecule has 2 heterocycles. The SMILES string of the molecule is O=C(C=Cc1ccccc1N1CCN(C(=O)c2ccc3c(c2)OCO3)CC1)NO. The highest BCUT2D eigenvalue weighted by atomic mass is 16.7. The lowest BCUT2D eigenvalue weighted by Gasteiger charge is -2.36. The molecule has 2 aliphatic rings. The summed E-state index contributed by atoms with van der Waals surface area (Å²) in [4.78, 5) is 28.1. The van der Waals surface area contributed by atoms with Crippen molar-refractivity contribution >= 4 is 23.6 Å². The topological polar surface area (TPSA) is 91.3 Å². The lowest BCUT2D eigenvalue weighted by atomic mass is 10.1. The molecule has 2 aromatic carbocycles. The molecule has 1 fully saturated rings. The number of nitrogens with one attached hydrogen (secondary N) is 1. The van der Waals surface area contributed by atoms with E-state index in [-0.39, 0.29) is 12.7 Å².